The lowest BCUT2D eigenvalue weighted by Crippen LogP contribution is -2.28. The maximum absolute atomic E-state index is 5.52. The van der Waals surface area contributed by atoms with E-state index in [4.69, 9.17) is 9.47 Å². The Bertz CT molecular complexity index is 394. The zero-order valence-corrected chi connectivity index (χ0v) is 12.7. The number of hydrogen-bond acceptors (Lipinski definition) is 4. The van der Waals surface area contributed by atoms with Crippen LogP contribution in [0, 0.1) is 6.92 Å². The largest absolute Gasteiger partial charge is 0.496 e. The SMILES string of the molecule is CCNCCN(C)Cc1ccc(OC)c(C)c1OC. The fourth-order valence-electron chi connectivity index (χ4n) is 2.18. The van der Waals surface area contributed by atoms with Crippen molar-refractivity contribution in [2.45, 2.75) is 20.4 Å². The van der Waals surface area contributed by atoms with E-state index in [1.54, 1.807) is 14.2 Å². The lowest BCUT2D eigenvalue weighted by molar-refractivity contribution is 0.314. The van der Waals surface area contributed by atoms with E-state index >= 15 is 0 Å². The van der Waals surface area contributed by atoms with E-state index in [-0.39, 0.29) is 0 Å². The van der Waals surface area contributed by atoms with Crippen LogP contribution >= 0.6 is 0 Å². The highest BCUT2D eigenvalue weighted by Gasteiger charge is 2.12. The van der Waals surface area contributed by atoms with Gasteiger partial charge in [-0.25, -0.2) is 0 Å². The lowest BCUT2D eigenvalue weighted by Gasteiger charge is -2.20. The first-order chi connectivity index (χ1) is 9.13. The van der Waals surface area contributed by atoms with Crippen molar-refractivity contribution in [3.8, 4) is 11.5 Å². The van der Waals surface area contributed by atoms with E-state index in [1.807, 2.05) is 13.0 Å². The van der Waals surface area contributed by atoms with Gasteiger partial charge in [0.15, 0.2) is 0 Å². The quantitative estimate of drug-likeness (QED) is 0.730. The number of ether oxygens (including phenoxy) is 2. The van der Waals surface area contributed by atoms with Crippen molar-refractivity contribution in [3.63, 3.8) is 0 Å². The number of hydrogen-bond donors (Lipinski definition) is 1. The molecule has 1 aromatic rings. The number of rotatable bonds is 8. The van der Waals surface area contributed by atoms with Gasteiger partial charge in [0.2, 0.25) is 0 Å². The van der Waals surface area contributed by atoms with E-state index in [0.29, 0.717) is 0 Å². The van der Waals surface area contributed by atoms with Gasteiger partial charge in [-0.3, -0.25) is 0 Å². The molecule has 0 bridgehead atoms. The molecule has 0 aliphatic rings. The molecule has 19 heavy (non-hydrogen) atoms. The molecule has 1 rings (SSSR count). The highest BCUT2D eigenvalue weighted by atomic mass is 16.5. The number of nitrogens with one attached hydrogen (secondary N) is 1. The summed E-state index contributed by atoms with van der Waals surface area (Å²) in [4.78, 5) is 2.28. The van der Waals surface area contributed by atoms with Crippen LogP contribution in [0.4, 0.5) is 0 Å². The molecule has 0 spiro atoms. The predicted octanol–water partition coefficient (Wildman–Crippen LogP) is 2.05. The predicted molar refractivity (Wildman–Crippen MR) is 79.2 cm³/mol. The molecule has 1 aromatic carbocycles. The van der Waals surface area contributed by atoms with Crippen LogP contribution in [0.5, 0.6) is 11.5 Å². The molecule has 0 saturated carbocycles. The number of benzene rings is 1. The van der Waals surface area contributed by atoms with Gasteiger partial charge in [-0.15, -0.1) is 0 Å². The Morgan fingerprint density at radius 3 is 2.53 bits per heavy atom. The fraction of sp³-hybridized carbons (Fsp3) is 0.600. The van der Waals surface area contributed by atoms with Gasteiger partial charge in [0.1, 0.15) is 11.5 Å². The summed E-state index contributed by atoms with van der Waals surface area (Å²) >= 11 is 0. The van der Waals surface area contributed by atoms with Crippen LogP contribution in [-0.4, -0.2) is 45.8 Å². The van der Waals surface area contributed by atoms with Gasteiger partial charge >= 0.3 is 0 Å². The first-order valence-corrected chi connectivity index (χ1v) is 6.73. The first kappa shape index (κ1) is 15.8. The van der Waals surface area contributed by atoms with Gasteiger partial charge in [-0.2, -0.15) is 0 Å². The van der Waals surface area contributed by atoms with Crippen LogP contribution < -0.4 is 14.8 Å². The van der Waals surface area contributed by atoms with Crippen molar-refractivity contribution in [2.75, 3.05) is 40.9 Å². The van der Waals surface area contributed by atoms with E-state index in [2.05, 4.69) is 30.3 Å². The third kappa shape index (κ3) is 4.40. The Balaban J connectivity index is 2.75. The average Bonchev–Trinajstić information content (AvgIpc) is 2.39. The summed E-state index contributed by atoms with van der Waals surface area (Å²) in [5, 5.41) is 3.33. The lowest BCUT2D eigenvalue weighted by atomic mass is 10.1. The third-order valence-electron chi connectivity index (χ3n) is 3.22. The van der Waals surface area contributed by atoms with Gasteiger partial charge in [0.25, 0.3) is 0 Å². The Morgan fingerprint density at radius 1 is 1.21 bits per heavy atom. The second-order valence-corrected chi connectivity index (χ2v) is 4.68. The van der Waals surface area contributed by atoms with E-state index in [1.165, 1.54) is 5.56 Å². The standard InChI is InChI=1S/C15H26N2O2/c1-6-16-9-10-17(3)11-13-7-8-14(18-4)12(2)15(13)19-5/h7-8,16H,6,9-11H2,1-5H3. The van der Waals surface area contributed by atoms with Crippen LogP contribution in [0.25, 0.3) is 0 Å². The summed E-state index contributed by atoms with van der Waals surface area (Å²) in [6.07, 6.45) is 0. The maximum Gasteiger partial charge on any atom is 0.129 e. The van der Waals surface area contributed by atoms with Gasteiger partial charge in [0, 0.05) is 30.8 Å². The van der Waals surface area contributed by atoms with Gasteiger partial charge in [0.05, 0.1) is 14.2 Å². The van der Waals surface area contributed by atoms with Gasteiger partial charge in [-0.1, -0.05) is 13.0 Å². The topological polar surface area (TPSA) is 33.7 Å². The van der Waals surface area contributed by atoms with E-state index in [0.717, 1.165) is 43.2 Å². The Morgan fingerprint density at radius 2 is 1.95 bits per heavy atom. The molecule has 0 aliphatic heterocycles. The highest BCUT2D eigenvalue weighted by Crippen LogP contribution is 2.31. The molecule has 0 unspecified atom stereocenters. The molecule has 0 aromatic heterocycles. The summed E-state index contributed by atoms with van der Waals surface area (Å²) < 4.78 is 10.8. The third-order valence-corrected chi connectivity index (χ3v) is 3.22. The molecule has 4 nitrogen and oxygen atoms in total. The molecule has 1 N–H and O–H groups in total. The molecule has 0 saturated heterocycles. The van der Waals surface area contributed by atoms with Crippen LogP contribution in [0.2, 0.25) is 0 Å². The van der Waals surface area contributed by atoms with Gasteiger partial charge < -0.3 is 19.7 Å². The molecule has 0 atom stereocenters. The van der Waals surface area contributed by atoms with Crippen LogP contribution in [-0.2, 0) is 6.54 Å². The van der Waals surface area contributed by atoms with Crippen LogP contribution in [0.3, 0.4) is 0 Å². The number of methoxy groups -OCH3 is 2. The molecular weight excluding hydrogens is 240 g/mol. The molecule has 0 aliphatic carbocycles. The monoisotopic (exact) mass is 266 g/mol. The fourth-order valence-corrected chi connectivity index (χ4v) is 2.18. The second kappa shape index (κ2) is 8.02. The van der Waals surface area contributed by atoms with Crippen LogP contribution in [0.15, 0.2) is 12.1 Å². The zero-order valence-electron chi connectivity index (χ0n) is 12.7. The Hall–Kier alpha value is -1.26. The second-order valence-electron chi connectivity index (χ2n) is 4.68. The number of nitrogens with zero attached hydrogens (tertiary/aromatic N) is 1. The highest BCUT2D eigenvalue weighted by molar-refractivity contribution is 5.49. The molecule has 0 fully saturated rings. The molecule has 0 heterocycles. The first-order valence-electron chi connectivity index (χ1n) is 6.73. The smallest absolute Gasteiger partial charge is 0.129 e. The molecular formula is C15H26N2O2. The number of likely N-dealkylation sites (N-methyl/N-ethyl adjacent to an activating group) is 2. The molecule has 4 heteroatoms. The minimum Gasteiger partial charge on any atom is -0.496 e. The molecule has 0 amide bonds. The van der Waals surface area contributed by atoms with Crippen molar-refractivity contribution in [2.24, 2.45) is 0 Å². The maximum atomic E-state index is 5.52. The summed E-state index contributed by atoms with van der Waals surface area (Å²) in [5.74, 6) is 1.80. The van der Waals surface area contributed by atoms with Crippen molar-refractivity contribution < 1.29 is 9.47 Å². The van der Waals surface area contributed by atoms with Crippen molar-refractivity contribution in [3.05, 3.63) is 23.3 Å². The Kier molecular flexibility index (Phi) is 6.67. The van der Waals surface area contributed by atoms with Crippen LogP contribution in [0.1, 0.15) is 18.1 Å². The van der Waals surface area contributed by atoms with E-state index in [9.17, 15) is 0 Å². The van der Waals surface area contributed by atoms with Crippen molar-refractivity contribution in [1.82, 2.24) is 10.2 Å². The molecule has 0 radical (unpaired) electrons. The summed E-state index contributed by atoms with van der Waals surface area (Å²) in [7, 11) is 5.52. The van der Waals surface area contributed by atoms with E-state index < -0.39 is 0 Å². The molecule has 108 valence electrons. The van der Waals surface area contributed by atoms with Crippen molar-refractivity contribution >= 4 is 0 Å². The minimum atomic E-state index is 0.871. The average molecular weight is 266 g/mol. The Labute approximate surface area is 116 Å². The zero-order chi connectivity index (χ0) is 14.3. The summed E-state index contributed by atoms with van der Waals surface area (Å²) in [6.45, 7) is 8.06. The normalized spacial score (nSPS) is 10.8. The van der Waals surface area contributed by atoms with Crippen molar-refractivity contribution in [1.29, 1.82) is 0 Å². The van der Waals surface area contributed by atoms with Gasteiger partial charge in [-0.05, 0) is 26.6 Å². The minimum absolute atomic E-state index is 0.871. The summed E-state index contributed by atoms with van der Waals surface area (Å²) in [6, 6.07) is 4.08. The summed E-state index contributed by atoms with van der Waals surface area (Å²) in [5.41, 5.74) is 2.25.